The van der Waals surface area contributed by atoms with Gasteiger partial charge in [-0.25, -0.2) is 13.2 Å². The maximum atomic E-state index is 14.0. The summed E-state index contributed by atoms with van der Waals surface area (Å²) in [5.74, 6) is -3.83. The fraction of sp³-hybridized carbons (Fsp3) is 0.548. The fourth-order valence-electron chi connectivity index (χ4n) is 6.24. The minimum atomic E-state index is -4.09. The van der Waals surface area contributed by atoms with E-state index < -0.39 is 57.5 Å². The Morgan fingerprint density at radius 3 is 2.38 bits per heavy atom. The molecule has 0 amide bonds. The SMILES string of the molecule is CCOC(=O)C(CC)(OC(=O)C1CCCN1S(=O)(=O)c1ccc(C)cc1)c1cc2n(c(=O)c1COC(C)=O)CCC21OCCO1. The third kappa shape index (κ3) is 5.80. The van der Waals surface area contributed by atoms with Crippen molar-refractivity contribution in [2.75, 3.05) is 26.4 Å². The van der Waals surface area contributed by atoms with Gasteiger partial charge in [0, 0.05) is 32.0 Å². The van der Waals surface area contributed by atoms with Crippen molar-refractivity contribution in [3.63, 3.8) is 0 Å². The minimum absolute atomic E-state index is 0.0251. The molecule has 14 heteroatoms. The molecule has 0 N–H and O–H groups in total. The lowest BCUT2D eigenvalue weighted by Gasteiger charge is -2.35. The number of aromatic nitrogens is 1. The predicted molar refractivity (Wildman–Crippen MR) is 157 cm³/mol. The second kappa shape index (κ2) is 12.7. The number of esters is 3. The predicted octanol–water partition coefficient (Wildman–Crippen LogP) is 2.39. The van der Waals surface area contributed by atoms with Gasteiger partial charge in [0.1, 0.15) is 12.6 Å². The highest BCUT2D eigenvalue weighted by atomic mass is 32.2. The molecule has 2 saturated heterocycles. The normalized spacial score (nSPS) is 20.5. The summed E-state index contributed by atoms with van der Waals surface area (Å²) >= 11 is 0. The number of rotatable bonds is 10. The zero-order valence-corrected chi connectivity index (χ0v) is 26.6. The van der Waals surface area contributed by atoms with Gasteiger partial charge in [-0.15, -0.1) is 0 Å². The maximum Gasteiger partial charge on any atom is 0.355 e. The van der Waals surface area contributed by atoms with Crippen molar-refractivity contribution in [2.24, 2.45) is 0 Å². The smallest absolute Gasteiger partial charge is 0.355 e. The molecule has 13 nitrogen and oxygen atoms in total. The molecule has 0 radical (unpaired) electrons. The third-order valence-corrected chi connectivity index (χ3v) is 10.5. The number of ether oxygens (including phenoxy) is 5. The molecule has 2 unspecified atom stereocenters. The summed E-state index contributed by atoms with van der Waals surface area (Å²) in [6.45, 7) is 6.49. The van der Waals surface area contributed by atoms with Crippen LogP contribution < -0.4 is 5.56 Å². The first kappa shape index (κ1) is 32.8. The van der Waals surface area contributed by atoms with Crippen molar-refractivity contribution in [1.29, 1.82) is 0 Å². The van der Waals surface area contributed by atoms with E-state index in [0.717, 1.165) is 9.87 Å². The van der Waals surface area contributed by atoms with Gasteiger partial charge in [0.15, 0.2) is 0 Å². The molecule has 2 aromatic rings. The molecule has 4 heterocycles. The van der Waals surface area contributed by atoms with Crippen LogP contribution >= 0.6 is 0 Å². The average molecular weight is 647 g/mol. The molecule has 45 heavy (non-hydrogen) atoms. The van der Waals surface area contributed by atoms with Crippen molar-refractivity contribution in [2.45, 2.75) is 88.9 Å². The molecule has 2 atom stereocenters. The van der Waals surface area contributed by atoms with Crippen LogP contribution in [0.5, 0.6) is 0 Å². The molecule has 3 aliphatic heterocycles. The molecule has 0 aliphatic carbocycles. The van der Waals surface area contributed by atoms with E-state index in [4.69, 9.17) is 23.7 Å². The first-order chi connectivity index (χ1) is 21.4. The quantitative estimate of drug-likeness (QED) is 0.276. The van der Waals surface area contributed by atoms with Crippen LogP contribution in [0, 0.1) is 6.92 Å². The van der Waals surface area contributed by atoms with Gasteiger partial charge in [0.2, 0.25) is 21.4 Å². The van der Waals surface area contributed by atoms with Crippen molar-refractivity contribution in [1.82, 2.24) is 8.87 Å². The lowest BCUT2D eigenvalue weighted by Crippen LogP contribution is -2.49. The molecule has 244 valence electrons. The van der Waals surface area contributed by atoms with Gasteiger partial charge in [0.05, 0.1) is 36.0 Å². The van der Waals surface area contributed by atoms with Gasteiger partial charge in [-0.1, -0.05) is 24.6 Å². The Labute approximate surface area is 261 Å². The van der Waals surface area contributed by atoms with Crippen LogP contribution in [0.3, 0.4) is 0 Å². The number of sulfonamides is 1. The summed E-state index contributed by atoms with van der Waals surface area (Å²) in [7, 11) is -4.09. The van der Waals surface area contributed by atoms with E-state index in [-0.39, 0.29) is 61.8 Å². The number of hydrogen-bond donors (Lipinski definition) is 0. The van der Waals surface area contributed by atoms with Crippen LogP contribution in [-0.2, 0) is 72.6 Å². The van der Waals surface area contributed by atoms with E-state index in [1.54, 1.807) is 26.0 Å². The minimum Gasteiger partial charge on any atom is -0.463 e. The van der Waals surface area contributed by atoms with Crippen molar-refractivity contribution in [3.05, 3.63) is 63.1 Å². The number of fused-ring (bicyclic) bond motifs is 2. The number of carbonyl (C=O) groups is 3. The summed E-state index contributed by atoms with van der Waals surface area (Å²) in [5.41, 5.74) is -1.68. The van der Waals surface area contributed by atoms with Gasteiger partial charge >= 0.3 is 17.9 Å². The summed E-state index contributed by atoms with van der Waals surface area (Å²) in [6.07, 6.45) is 0.688. The van der Waals surface area contributed by atoms with Crippen molar-refractivity contribution in [3.8, 4) is 0 Å². The lowest BCUT2D eigenvalue weighted by molar-refractivity contribution is -0.187. The highest BCUT2D eigenvalue weighted by molar-refractivity contribution is 7.89. The van der Waals surface area contributed by atoms with Crippen LogP contribution in [0.2, 0.25) is 0 Å². The molecule has 5 rings (SSSR count). The zero-order chi connectivity index (χ0) is 32.6. The van der Waals surface area contributed by atoms with E-state index >= 15 is 0 Å². The first-order valence-corrected chi connectivity index (χ1v) is 16.5. The van der Waals surface area contributed by atoms with Gasteiger partial charge in [0.25, 0.3) is 5.56 Å². The van der Waals surface area contributed by atoms with Gasteiger partial charge in [-0.3, -0.25) is 14.4 Å². The highest BCUT2D eigenvalue weighted by Crippen LogP contribution is 2.43. The number of pyridine rings is 1. The molecule has 1 aromatic heterocycles. The number of benzene rings is 1. The Morgan fingerprint density at radius 2 is 1.76 bits per heavy atom. The Kier molecular flexibility index (Phi) is 9.23. The Hall–Kier alpha value is -3.59. The summed E-state index contributed by atoms with van der Waals surface area (Å²) in [4.78, 5) is 53.7. The zero-order valence-electron chi connectivity index (χ0n) is 25.8. The van der Waals surface area contributed by atoms with E-state index in [1.807, 2.05) is 6.92 Å². The number of hydrogen-bond acceptors (Lipinski definition) is 11. The van der Waals surface area contributed by atoms with Gasteiger partial charge in [-0.2, -0.15) is 4.31 Å². The van der Waals surface area contributed by atoms with Crippen LogP contribution in [0.4, 0.5) is 0 Å². The lowest BCUT2D eigenvalue weighted by atomic mass is 9.86. The average Bonchev–Trinajstić information content (AvgIpc) is 3.77. The van der Waals surface area contributed by atoms with Crippen LogP contribution in [0.25, 0.3) is 0 Å². The molecule has 0 saturated carbocycles. The molecule has 1 spiro atoms. The number of aryl methyl sites for hydroxylation is 1. The highest BCUT2D eigenvalue weighted by Gasteiger charge is 2.53. The van der Waals surface area contributed by atoms with E-state index in [1.165, 1.54) is 29.7 Å². The Morgan fingerprint density at radius 1 is 1.07 bits per heavy atom. The second-order valence-corrected chi connectivity index (χ2v) is 13.2. The van der Waals surface area contributed by atoms with Gasteiger partial charge < -0.3 is 28.3 Å². The summed E-state index contributed by atoms with van der Waals surface area (Å²) < 4.78 is 58.4. The standard InChI is InChI=1S/C31H38N2O11S/c1-5-30(29(37)40-6-2,44-28(36)25-8-7-14-33(25)45(38,39)22-11-9-20(3)10-12-22)24-18-26-31(42-16-17-43-31)13-15-32(26)27(35)23(24)19-41-21(4)34/h9-12,18,25H,5-8,13-17,19H2,1-4H3. The fourth-order valence-corrected chi connectivity index (χ4v) is 7.89. The Bertz CT molecular complexity index is 1640. The Balaban J connectivity index is 1.62. The van der Waals surface area contributed by atoms with Crippen LogP contribution in [0.15, 0.2) is 40.0 Å². The molecule has 0 bridgehead atoms. The topological polar surface area (TPSA) is 157 Å². The summed E-state index contributed by atoms with van der Waals surface area (Å²) in [5, 5.41) is 0. The number of carbonyl (C=O) groups excluding carboxylic acids is 3. The van der Waals surface area contributed by atoms with Crippen molar-refractivity contribution < 1.29 is 46.5 Å². The molecular weight excluding hydrogens is 608 g/mol. The second-order valence-electron chi connectivity index (χ2n) is 11.3. The van der Waals surface area contributed by atoms with Crippen LogP contribution in [-0.4, -0.2) is 67.6 Å². The number of nitrogens with zero attached hydrogens (tertiary/aromatic N) is 2. The van der Waals surface area contributed by atoms with Crippen LogP contribution in [0.1, 0.15) is 68.8 Å². The van der Waals surface area contributed by atoms with E-state index in [0.29, 0.717) is 18.5 Å². The third-order valence-electron chi connectivity index (χ3n) is 8.54. The summed E-state index contributed by atoms with van der Waals surface area (Å²) in [6, 6.07) is 6.56. The van der Waals surface area contributed by atoms with E-state index in [9.17, 15) is 27.6 Å². The van der Waals surface area contributed by atoms with E-state index in [2.05, 4.69) is 0 Å². The first-order valence-electron chi connectivity index (χ1n) is 15.1. The van der Waals surface area contributed by atoms with Gasteiger partial charge in [-0.05, 0) is 51.3 Å². The van der Waals surface area contributed by atoms with Crippen molar-refractivity contribution >= 4 is 27.9 Å². The molecule has 3 aliphatic rings. The molecule has 1 aromatic carbocycles. The monoisotopic (exact) mass is 646 g/mol. The maximum absolute atomic E-state index is 14.0. The molecule has 2 fully saturated rings. The largest absolute Gasteiger partial charge is 0.463 e. The molecular formula is C31H38N2O11S.